The predicted molar refractivity (Wildman–Crippen MR) is 144 cm³/mol. The van der Waals surface area contributed by atoms with E-state index in [-0.39, 0.29) is 25.3 Å². The van der Waals surface area contributed by atoms with E-state index in [2.05, 4.69) is 16.0 Å². The Kier molecular flexibility index (Phi) is 10.4. The van der Waals surface area contributed by atoms with Crippen molar-refractivity contribution in [2.45, 2.75) is 103 Å². The second-order valence-corrected chi connectivity index (χ2v) is 13.3. The minimum atomic E-state index is -1.22. The van der Waals surface area contributed by atoms with Gasteiger partial charge in [0.25, 0.3) is 5.91 Å². The molecule has 5 atom stereocenters. The number of Topliss-reactive ketones (excluding diaryl/α,β-unsaturated/α-hetero) is 1. The van der Waals surface area contributed by atoms with Crippen LogP contribution in [0.2, 0.25) is 0 Å². The lowest BCUT2D eigenvalue weighted by molar-refractivity contribution is -0.143. The number of likely N-dealkylation sites (tertiary alicyclic amines) is 1. The van der Waals surface area contributed by atoms with Gasteiger partial charge in [0.15, 0.2) is 0 Å². The van der Waals surface area contributed by atoms with Gasteiger partial charge in [-0.05, 0) is 29.6 Å². The van der Waals surface area contributed by atoms with Gasteiger partial charge in [0, 0.05) is 6.54 Å². The Labute approximate surface area is 234 Å². The van der Waals surface area contributed by atoms with E-state index in [9.17, 15) is 33.9 Å². The van der Waals surface area contributed by atoms with Gasteiger partial charge in [0.1, 0.15) is 18.1 Å². The van der Waals surface area contributed by atoms with Crippen LogP contribution in [0.25, 0.3) is 0 Å². The first kappa shape index (κ1) is 32.3. The average molecular weight is 572 g/mol. The highest BCUT2D eigenvalue weighted by Gasteiger charge is 2.46. The summed E-state index contributed by atoms with van der Waals surface area (Å²) in [7, 11) is 0. The first-order chi connectivity index (χ1) is 17.8. The number of alkyl halides is 1. The summed E-state index contributed by atoms with van der Waals surface area (Å²) in [6.07, 6.45) is 3.16. The minimum Gasteiger partial charge on any atom is -0.480 e. The van der Waals surface area contributed by atoms with Gasteiger partial charge in [0.2, 0.25) is 17.6 Å². The number of carboxylic acids is 1. The summed E-state index contributed by atoms with van der Waals surface area (Å²) in [6, 6.07) is -5.34. The van der Waals surface area contributed by atoms with Crippen molar-refractivity contribution < 1.29 is 33.9 Å². The summed E-state index contributed by atoms with van der Waals surface area (Å²) in [5.41, 5.74) is 3.58. The summed E-state index contributed by atoms with van der Waals surface area (Å²) in [6.45, 7) is 10.2. The first-order valence-electron chi connectivity index (χ1n) is 13.2. The lowest BCUT2D eigenvalue weighted by Crippen LogP contribution is -2.61. The molecule has 1 saturated carbocycles. The second-order valence-electron chi connectivity index (χ2n) is 12.7. The molecule has 0 spiro atoms. The number of aliphatic carboxylic acids is 1. The molecule has 2 aliphatic rings. The molecule has 12 nitrogen and oxygen atoms in total. The molecular weight excluding hydrogens is 530 g/mol. The summed E-state index contributed by atoms with van der Waals surface area (Å²) in [4.78, 5) is 76.9. The van der Waals surface area contributed by atoms with Crippen LogP contribution in [-0.4, -0.2) is 81.6 Å². The van der Waals surface area contributed by atoms with Gasteiger partial charge >= 0.3 is 12.0 Å². The zero-order valence-electron chi connectivity index (χ0n) is 23.5. The van der Waals surface area contributed by atoms with Crippen molar-refractivity contribution in [1.29, 1.82) is 0 Å². The van der Waals surface area contributed by atoms with Crippen molar-refractivity contribution in [3.05, 3.63) is 0 Å². The highest BCUT2D eigenvalue weighted by Crippen LogP contribution is 2.32. The van der Waals surface area contributed by atoms with Gasteiger partial charge in [-0.25, -0.2) is 9.59 Å². The van der Waals surface area contributed by atoms with E-state index in [4.69, 9.17) is 17.3 Å². The lowest BCUT2D eigenvalue weighted by Gasteiger charge is -2.36. The van der Waals surface area contributed by atoms with E-state index in [0.717, 1.165) is 19.3 Å². The van der Waals surface area contributed by atoms with Gasteiger partial charge in [-0.3, -0.25) is 19.2 Å². The van der Waals surface area contributed by atoms with Crippen LogP contribution in [0.4, 0.5) is 4.79 Å². The zero-order valence-corrected chi connectivity index (χ0v) is 24.3. The molecule has 220 valence electrons. The quantitative estimate of drug-likeness (QED) is 0.192. The molecule has 1 saturated heterocycles. The Morgan fingerprint density at radius 1 is 0.949 bits per heavy atom. The number of carbonyl (C=O) groups is 6. The molecule has 6 N–H and O–H groups in total. The predicted octanol–water partition coefficient (Wildman–Crippen LogP) is 1.14. The molecule has 39 heavy (non-hydrogen) atoms. The van der Waals surface area contributed by atoms with Crippen LogP contribution in [0.5, 0.6) is 0 Å². The molecule has 0 radical (unpaired) electrons. The minimum absolute atomic E-state index is 0.0190. The highest BCUT2D eigenvalue weighted by atomic mass is 35.5. The van der Waals surface area contributed by atoms with E-state index in [0.29, 0.717) is 0 Å². The number of ketones is 1. The van der Waals surface area contributed by atoms with E-state index in [1.165, 1.54) is 4.90 Å². The number of urea groups is 1. The van der Waals surface area contributed by atoms with E-state index < -0.39 is 75.9 Å². The third kappa shape index (κ3) is 8.55. The summed E-state index contributed by atoms with van der Waals surface area (Å²) < 4.78 is 0. The molecule has 5 amide bonds. The molecule has 13 heteroatoms. The van der Waals surface area contributed by atoms with E-state index in [1.807, 2.05) is 0 Å². The fraction of sp³-hybridized carbons (Fsp3) is 0.769. The Morgan fingerprint density at radius 2 is 1.49 bits per heavy atom. The summed E-state index contributed by atoms with van der Waals surface area (Å²) >= 11 is 6.35. The maximum Gasteiger partial charge on any atom is 0.326 e. The molecule has 2 rings (SSSR count). The molecule has 0 bridgehead atoms. The smallest absolute Gasteiger partial charge is 0.326 e. The summed E-state index contributed by atoms with van der Waals surface area (Å²) in [5.74, 6) is -4.30. The molecule has 1 aliphatic carbocycles. The molecule has 0 aromatic carbocycles. The number of nitrogens with zero attached hydrogens (tertiary/aromatic N) is 1. The normalized spacial score (nSPS) is 22.2. The van der Waals surface area contributed by atoms with Gasteiger partial charge in [-0.2, -0.15) is 0 Å². The molecule has 1 aliphatic heterocycles. The van der Waals surface area contributed by atoms with Gasteiger partial charge in [0.05, 0.1) is 11.4 Å². The number of rotatable bonds is 10. The van der Waals surface area contributed by atoms with Crippen LogP contribution in [-0.2, 0) is 24.0 Å². The van der Waals surface area contributed by atoms with Crippen LogP contribution in [0, 0.1) is 16.7 Å². The van der Waals surface area contributed by atoms with Crippen molar-refractivity contribution in [3.63, 3.8) is 0 Å². The van der Waals surface area contributed by atoms with Crippen LogP contribution >= 0.6 is 11.6 Å². The van der Waals surface area contributed by atoms with Crippen LogP contribution in [0.15, 0.2) is 0 Å². The van der Waals surface area contributed by atoms with Crippen molar-refractivity contribution in [2.75, 3.05) is 6.54 Å². The number of nitrogens with two attached hydrogens (primary N) is 1. The number of carboxylic acid groups (broad SMARTS) is 1. The SMILES string of the molecule is CC(C)(C)C(NC(=O)N[C@H](C(=O)N1C[C@H](Cl)C[C@H]1C(=O)NC(CC1CCC1)C(=O)C(N)=O)C(C)(C)C)C(=O)O. The van der Waals surface area contributed by atoms with Crippen molar-refractivity contribution in [2.24, 2.45) is 22.5 Å². The number of hydrogen-bond donors (Lipinski definition) is 5. The number of amides is 5. The number of carbonyl (C=O) groups excluding carboxylic acids is 5. The van der Waals surface area contributed by atoms with Crippen LogP contribution < -0.4 is 21.7 Å². The van der Waals surface area contributed by atoms with Gasteiger partial charge in [-0.1, -0.05) is 60.8 Å². The fourth-order valence-corrected chi connectivity index (χ4v) is 5.09. The number of nitrogens with one attached hydrogen (secondary N) is 3. The summed E-state index contributed by atoms with van der Waals surface area (Å²) in [5, 5.41) is 16.6. The highest BCUT2D eigenvalue weighted by molar-refractivity contribution is 6.37. The van der Waals surface area contributed by atoms with Gasteiger partial charge < -0.3 is 31.7 Å². The maximum atomic E-state index is 13.8. The molecule has 2 unspecified atom stereocenters. The zero-order chi connectivity index (χ0) is 29.9. The topological polar surface area (TPSA) is 188 Å². The molecule has 1 heterocycles. The van der Waals surface area contributed by atoms with Crippen molar-refractivity contribution >= 4 is 47.1 Å². The molecule has 2 fully saturated rings. The van der Waals surface area contributed by atoms with E-state index in [1.54, 1.807) is 41.5 Å². The molecule has 0 aromatic heterocycles. The van der Waals surface area contributed by atoms with Crippen molar-refractivity contribution in [1.82, 2.24) is 20.9 Å². The monoisotopic (exact) mass is 571 g/mol. The standard InChI is InChI=1S/C26H42ClN5O7/c1-25(2,3)18(30-24(39)31-19(23(37)38)26(4,5)6)22(36)32-12-14(27)11-16(32)21(35)29-15(17(33)20(28)34)10-13-8-7-9-13/h13-16,18-19H,7-12H2,1-6H3,(H2,28,34)(H,29,35)(H,37,38)(H2,30,31,39)/t14-,15?,16+,18-,19?/m1/s1. The maximum absolute atomic E-state index is 13.8. The second kappa shape index (κ2) is 12.5. The lowest BCUT2D eigenvalue weighted by atomic mass is 9.80. The largest absolute Gasteiger partial charge is 0.480 e. The van der Waals surface area contributed by atoms with Crippen molar-refractivity contribution in [3.8, 4) is 0 Å². The number of primary amides is 1. The van der Waals surface area contributed by atoms with Crippen LogP contribution in [0.1, 0.15) is 73.6 Å². The Hall–Kier alpha value is -2.89. The third-order valence-electron chi connectivity index (χ3n) is 7.28. The van der Waals surface area contributed by atoms with Gasteiger partial charge in [-0.15, -0.1) is 11.6 Å². The van der Waals surface area contributed by atoms with E-state index >= 15 is 0 Å². The Bertz CT molecular complexity index is 986. The molecular formula is C26H42ClN5O7. The first-order valence-corrected chi connectivity index (χ1v) is 13.6. The number of hydrogen-bond acceptors (Lipinski definition) is 6. The average Bonchev–Trinajstić information content (AvgIpc) is 3.16. The fourth-order valence-electron chi connectivity index (χ4n) is 4.78. The molecule has 0 aromatic rings. The Morgan fingerprint density at radius 3 is 1.92 bits per heavy atom. The number of halogens is 1. The third-order valence-corrected chi connectivity index (χ3v) is 7.60. The Balaban J connectivity index is 2.23. The van der Waals surface area contributed by atoms with Crippen LogP contribution in [0.3, 0.4) is 0 Å².